The highest BCUT2D eigenvalue weighted by Crippen LogP contribution is 2.21. The van der Waals surface area contributed by atoms with Gasteiger partial charge in [-0.3, -0.25) is 4.79 Å². The predicted octanol–water partition coefficient (Wildman–Crippen LogP) is 2.67. The lowest BCUT2D eigenvalue weighted by molar-refractivity contribution is -0.117. The van der Waals surface area contributed by atoms with Gasteiger partial charge < -0.3 is 15.1 Å². The SMILES string of the molecule is CCN(C)c1ccnc(NCc2ccc(N3CCCC3=O)cc2)n1. The Balaban J connectivity index is 1.62. The van der Waals surface area contributed by atoms with Crippen LogP contribution >= 0.6 is 0 Å². The van der Waals surface area contributed by atoms with Crippen molar-refractivity contribution in [3.63, 3.8) is 0 Å². The second-order valence-corrected chi connectivity index (χ2v) is 5.92. The van der Waals surface area contributed by atoms with Crippen molar-refractivity contribution in [2.24, 2.45) is 0 Å². The molecule has 1 N–H and O–H groups in total. The molecule has 1 fully saturated rings. The monoisotopic (exact) mass is 325 g/mol. The van der Waals surface area contributed by atoms with Gasteiger partial charge in [0.05, 0.1) is 0 Å². The summed E-state index contributed by atoms with van der Waals surface area (Å²) in [6.07, 6.45) is 3.37. The van der Waals surface area contributed by atoms with Crippen LogP contribution in [0.15, 0.2) is 36.5 Å². The van der Waals surface area contributed by atoms with E-state index in [4.69, 9.17) is 0 Å². The molecule has 1 aromatic heterocycles. The minimum Gasteiger partial charge on any atom is -0.360 e. The molecule has 1 aliphatic rings. The number of hydrogen-bond donors (Lipinski definition) is 1. The van der Waals surface area contributed by atoms with Gasteiger partial charge >= 0.3 is 0 Å². The molecule has 1 aromatic carbocycles. The lowest BCUT2D eigenvalue weighted by atomic mass is 10.2. The molecule has 0 atom stereocenters. The van der Waals surface area contributed by atoms with E-state index < -0.39 is 0 Å². The van der Waals surface area contributed by atoms with Gasteiger partial charge in [0, 0.05) is 45.0 Å². The fourth-order valence-corrected chi connectivity index (χ4v) is 2.70. The number of anilines is 3. The number of nitrogens with zero attached hydrogens (tertiary/aromatic N) is 4. The van der Waals surface area contributed by atoms with Crippen LogP contribution in [0, 0.1) is 0 Å². The zero-order valence-corrected chi connectivity index (χ0v) is 14.2. The largest absolute Gasteiger partial charge is 0.360 e. The van der Waals surface area contributed by atoms with Gasteiger partial charge in [0.15, 0.2) is 0 Å². The van der Waals surface area contributed by atoms with Crippen LogP contribution in [0.25, 0.3) is 0 Å². The Morgan fingerprint density at radius 2 is 2.04 bits per heavy atom. The van der Waals surface area contributed by atoms with Crippen molar-refractivity contribution < 1.29 is 4.79 Å². The number of benzene rings is 1. The Kier molecular flexibility index (Phi) is 4.93. The van der Waals surface area contributed by atoms with E-state index in [1.54, 1.807) is 6.20 Å². The first-order valence-corrected chi connectivity index (χ1v) is 8.34. The molecule has 1 aliphatic heterocycles. The van der Waals surface area contributed by atoms with Gasteiger partial charge in [-0.05, 0) is 37.1 Å². The molecule has 6 nitrogen and oxygen atoms in total. The maximum Gasteiger partial charge on any atom is 0.227 e. The standard InChI is InChI=1S/C18H23N5O/c1-3-22(2)16-10-11-19-18(21-16)20-13-14-6-8-15(9-7-14)23-12-4-5-17(23)24/h6-11H,3-5,12-13H2,1-2H3,(H,19,20,21). The summed E-state index contributed by atoms with van der Waals surface area (Å²) in [5.41, 5.74) is 2.10. The highest BCUT2D eigenvalue weighted by Gasteiger charge is 2.21. The van der Waals surface area contributed by atoms with E-state index in [1.807, 2.05) is 42.3 Å². The van der Waals surface area contributed by atoms with Gasteiger partial charge in [0.2, 0.25) is 11.9 Å². The van der Waals surface area contributed by atoms with Gasteiger partial charge in [-0.2, -0.15) is 4.98 Å². The Hall–Kier alpha value is -2.63. The second kappa shape index (κ2) is 7.29. The van der Waals surface area contributed by atoms with E-state index in [0.717, 1.165) is 36.6 Å². The third-order valence-electron chi connectivity index (χ3n) is 4.28. The molecule has 2 heterocycles. The highest BCUT2D eigenvalue weighted by molar-refractivity contribution is 5.95. The molecule has 2 aromatic rings. The molecule has 0 bridgehead atoms. The van der Waals surface area contributed by atoms with E-state index in [2.05, 4.69) is 27.1 Å². The molecular formula is C18H23N5O. The van der Waals surface area contributed by atoms with E-state index in [1.165, 1.54) is 0 Å². The first kappa shape index (κ1) is 16.2. The molecule has 3 rings (SSSR count). The summed E-state index contributed by atoms with van der Waals surface area (Å²) in [6, 6.07) is 9.98. The smallest absolute Gasteiger partial charge is 0.227 e. The number of carbonyl (C=O) groups excluding carboxylic acids is 1. The fourth-order valence-electron chi connectivity index (χ4n) is 2.70. The van der Waals surface area contributed by atoms with Crippen LogP contribution in [-0.4, -0.2) is 36.0 Å². The summed E-state index contributed by atoms with van der Waals surface area (Å²) >= 11 is 0. The van der Waals surface area contributed by atoms with Crippen LogP contribution in [0.3, 0.4) is 0 Å². The van der Waals surface area contributed by atoms with Crippen molar-refractivity contribution in [3.8, 4) is 0 Å². The van der Waals surface area contributed by atoms with Gasteiger partial charge in [0.25, 0.3) is 0 Å². The maximum atomic E-state index is 11.8. The molecule has 1 amide bonds. The van der Waals surface area contributed by atoms with E-state index in [0.29, 0.717) is 18.9 Å². The molecule has 0 saturated carbocycles. The molecule has 0 spiro atoms. The highest BCUT2D eigenvalue weighted by atomic mass is 16.2. The van der Waals surface area contributed by atoms with E-state index >= 15 is 0 Å². The average molecular weight is 325 g/mol. The summed E-state index contributed by atoms with van der Waals surface area (Å²) in [4.78, 5) is 24.5. The first-order chi connectivity index (χ1) is 11.7. The first-order valence-electron chi connectivity index (χ1n) is 8.34. The molecular weight excluding hydrogens is 302 g/mol. The Morgan fingerprint density at radius 3 is 2.71 bits per heavy atom. The topological polar surface area (TPSA) is 61.4 Å². The maximum absolute atomic E-state index is 11.8. The zero-order valence-electron chi connectivity index (χ0n) is 14.2. The normalized spacial score (nSPS) is 14.1. The third-order valence-corrected chi connectivity index (χ3v) is 4.28. The fraction of sp³-hybridized carbons (Fsp3) is 0.389. The Morgan fingerprint density at radius 1 is 1.25 bits per heavy atom. The second-order valence-electron chi connectivity index (χ2n) is 5.92. The van der Waals surface area contributed by atoms with E-state index in [9.17, 15) is 4.79 Å². The van der Waals surface area contributed by atoms with Crippen LogP contribution in [0.4, 0.5) is 17.5 Å². The zero-order chi connectivity index (χ0) is 16.9. The molecule has 126 valence electrons. The van der Waals surface area contributed by atoms with Gasteiger partial charge in [-0.25, -0.2) is 4.98 Å². The third kappa shape index (κ3) is 3.64. The van der Waals surface area contributed by atoms with Crippen LogP contribution in [0.1, 0.15) is 25.3 Å². The predicted molar refractivity (Wildman–Crippen MR) is 96.3 cm³/mol. The molecule has 0 aliphatic carbocycles. The number of amides is 1. The molecule has 24 heavy (non-hydrogen) atoms. The summed E-state index contributed by atoms with van der Waals surface area (Å²) in [7, 11) is 2.00. The number of rotatable bonds is 6. The number of aromatic nitrogens is 2. The van der Waals surface area contributed by atoms with Crippen molar-refractivity contribution >= 4 is 23.4 Å². The van der Waals surface area contributed by atoms with Gasteiger partial charge in [-0.15, -0.1) is 0 Å². The minimum absolute atomic E-state index is 0.214. The minimum atomic E-state index is 0.214. The molecule has 1 saturated heterocycles. The summed E-state index contributed by atoms with van der Waals surface area (Å²) in [6.45, 7) is 4.45. The van der Waals surface area contributed by atoms with Crippen molar-refractivity contribution in [2.75, 3.05) is 35.3 Å². The quantitative estimate of drug-likeness (QED) is 0.885. The van der Waals surface area contributed by atoms with Crippen molar-refractivity contribution in [1.82, 2.24) is 9.97 Å². The Bertz CT molecular complexity index is 701. The number of hydrogen-bond acceptors (Lipinski definition) is 5. The molecule has 6 heteroatoms. The number of nitrogens with one attached hydrogen (secondary N) is 1. The Labute approximate surface area is 142 Å². The van der Waals surface area contributed by atoms with Crippen molar-refractivity contribution in [3.05, 3.63) is 42.1 Å². The lowest BCUT2D eigenvalue weighted by Crippen LogP contribution is -2.23. The van der Waals surface area contributed by atoms with Crippen LogP contribution < -0.4 is 15.1 Å². The number of carbonyl (C=O) groups is 1. The summed E-state index contributed by atoms with van der Waals surface area (Å²) < 4.78 is 0. The van der Waals surface area contributed by atoms with Crippen LogP contribution in [0.2, 0.25) is 0 Å². The van der Waals surface area contributed by atoms with E-state index in [-0.39, 0.29) is 5.91 Å². The van der Waals surface area contributed by atoms with Crippen molar-refractivity contribution in [1.29, 1.82) is 0 Å². The summed E-state index contributed by atoms with van der Waals surface area (Å²) in [5.74, 6) is 1.73. The molecule has 0 radical (unpaired) electrons. The van der Waals surface area contributed by atoms with Crippen molar-refractivity contribution in [2.45, 2.75) is 26.3 Å². The van der Waals surface area contributed by atoms with Crippen LogP contribution in [0.5, 0.6) is 0 Å². The average Bonchev–Trinajstić information content (AvgIpc) is 3.06. The van der Waals surface area contributed by atoms with Crippen LogP contribution in [-0.2, 0) is 11.3 Å². The molecule has 0 unspecified atom stereocenters. The lowest BCUT2D eigenvalue weighted by Gasteiger charge is -2.17. The van der Waals surface area contributed by atoms with Gasteiger partial charge in [-0.1, -0.05) is 12.1 Å². The van der Waals surface area contributed by atoms with Gasteiger partial charge in [0.1, 0.15) is 5.82 Å². The summed E-state index contributed by atoms with van der Waals surface area (Å²) in [5, 5.41) is 3.25.